The van der Waals surface area contributed by atoms with Gasteiger partial charge in [0.1, 0.15) is 11.4 Å². The summed E-state index contributed by atoms with van der Waals surface area (Å²) in [6, 6.07) is 13.0. The Morgan fingerprint density at radius 3 is 2.87 bits per heavy atom. The summed E-state index contributed by atoms with van der Waals surface area (Å²) in [5, 5.41) is 4.34. The van der Waals surface area contributed by atoms with Crippen LogP contribution in [0.1, 0.15) is 21.6 Å². The van der Waals surface area contributed by atoms with Gasteiger partial charge in [0.25, 0.3) is 11.9 Å². The second kappa shape index (κ2) is 8.20. The number of benzene rings is 1. The fraction of sp³-hybridized carbons (Fsp3) is 0.182. The van der Waals surface area contributed by atoms with Gasteiger partial charge in [0.15, 0.2) is 5.76 Å². The summed E-state index contributed by atoms with van der Waals surface area (Å²) < 4.78 is 12.2. The van der Waals surface area contributed by atoms with Crippen LogP contribution < -0.4 is 4.74 Å². The van der Waals surface area contributed by atoms with E-state index in [4.69, 9.17) is 9.15 Å². The van der Waals surface area contributed by atoms with Crippen LogP contribution in [0.3, 0.4) is 0 Å². The molecule has 3 heterocycles. The molecule has 30 heavy (non-hydrogen) atoms. The van der Waals surface area contributed by atoms with Gasteiger partial charge < -0.3 is 14.1 Å². The maximum absolute atomic E-state index is 13.0. The van der Waals surface area contributed by atoms with Crippen molar-refractivity contribution >= 4 is 5.91 Å². The molecule has 4 rings (SSSR count). The highest BCUT2D eigenvalue weighted by Gasteiger charge is 2.20. The van der Waals surface area contributed by atoms with Crippen molar-refractivity contribution in [2.24, 2.45) is 0 Å². The van der Waals surface area contributed by atoms with Gasteiger partial charge in [-0.25, -0.2) is 14.6 Å². The molecule has 1 amide bonds. The molecular weight excluding hydrogens is 382 g/mol. The molecule has 0 radical (unpaired) electrons. The van der Waals surface area contributed by atoms with E-state index < -0.39 is 0 Å². The fourth-order valence-corrected chi connectivity index (χ4v) is 3.16. The molecule has 0 spiro atoms. The van der Waals surface area contributed by atoms with Crippen LogP contribution in [0, 0.1) is 6.92 Å². The van der Waals surface area contributed by atoms with Gasteiger partial charge in [0, 0.05) is 19.8 Å². The average molecular weight is 403 g/mol. The molecule has 0 fully saturated rings. The number of ether oxygens (including phenoxy) is 1. The number of hydrogen-bond donors (Lipinski definition) is 0. The number of amides is 1. The third-order valence-corrected chi connectivity index (χ3v) is 4.75. The molecule has 3 aromatic heterocycles. The summed E-state index contributed by atoms with van der Waals surface area (Å²) in [6.07, 6.45) is 4.77. The zero-order chi connectivity index (χ0) is 21.1. The first kappa shape index (κ1) is 19.4. The predicted octanol–water partition coefficient (Wildman–Crippen LogP) is 3.51. The topological polar surface area (TPSA) is 86.3 Å². The lowest BCUT2D eigenvalue weighted by molar-refractivity contribution is 0.0784. The summed E-state index contributed by atoms with van der Waals surface area (Å²) in [5.41, 5.74) is 2.77. The molecule has 4 aromatic rings. The fourth-order valence-electron chi connectivity index (χ4n) is 3.16. The number of aromatic nitrogens is 4. The van der Waals surface area contributed by atoms with Crippen LogP contribution in [0.4, 0.5) is 0 Å². The maximum Gasteiger partial charge on any atom is 0.257 e. The van der Waals surface area contributed by atoms with E-state index in [1.807, 2.05) is 37.3 Å². The van der Waals surface area contributed by atoms with Gasteiger partial charge in [-0.3, -0.25) is 4.79 Å². The van der Waals surface area contributed by atoms with E-state index >= 15 is 0 Å². The number of carbonyl (C=O) groups excluding carboxylic acids is 1. The molecule has 0 bridgehead atoms. The van der Waals surface area contributed by atoms with Crippen LogP contribution in [-0.4, -0.2) is 44.7 Å². The largest absolute Gasteiger partial charge is 0.497 e. The van der Waals surface area contributed by atoms with E-state index in [2.05, 4.69) is 15.1 Å². The molecule has 8 heteroatoms. The highest BCUT2D eigenvalue weighted by atomic mass is 16.5. The van der Waals surface area contributed by atoms with Crippen molar-refractivity contribution in [2.45, 2.75) is 13.5 Å². The minimum atomic E-state index is -0.135. The molecule has 8 nitrogen and oxygen atoms in total. The van der Waals surface area contributed by atoms with Gasteiger partial charge in [0.2, 0.25) is 0 Å². The zero-order valence-electron chi connectivity index (χ0n) is 16.9. The quantitative estimate of drug-likeness (QED) is 0.490. The zero-order valence-corrected chi connectivity index (χ0v) is 16.9. The highest BCUT2D eigenvalue weighted by Crippen LogP contribution is 2.20. The van der Waals surface area contributed by atoms with Crippen LogP contribution in [0.5, 0.6) is 5.75 Å². The van der Waals surface area contributed by atoms with Crippen LogP contribution >= 0.6 is 0 Å². The first-order chi connectivity index (χ1) is 14.6. The molecule has 0 aliphatic carbocycles. The average Bonchev–Trinajstić information content (AvgIpc) is 3.43. The normalized spacial score (nSPS) is 10.8. The molecule has 0 unspecified atom stereocenters. The van der Waals surface area contributed by atoms with Crippen molar-refractivity contribution < 1.29 is 13.9 Å². The van der Waals surface area contributed by atoms with E-state index in [1.54, 1.807) is 54.5 Å². The van der Waals surface area contributed by atoms with Crippen LogP contribution in [0.15, 0.2) is 65.5 Å². The molecule has 0 aliphatic rings. The van der Waals surface area contributed by atoms with Crippen molar-refractivity contribution in [1.82, 2.24) is 24.6 Å². The lowest BCUT2D eigenvalue weighted by Crippen LogP contribution is -2.26. The van der Waals surface area contributed by atoms with Gasteiger partial charge in [-0.15, -0.1) is 0 Å². The van der Waals surface area contributed by atoms with E-state index in [1.165, 1.54) is 0 Å². The molecule has 152 valence electrons. The minimum Gasteiger partial charge on any atom is -0.497 e. The Morgan fingerprint density at radius 2 is 2.10 bits per heavy atom. The van der Waals surface area contributed by atoms with Crippen molar-refractivity contribution in [3.8, 4) is 23.2 Å². The lowest BCUT2D eigenvalue weighted by atomic mass is 10.2. The Bertz CT molecular complexity index is 1170. The minimum absolute atomic E-state index is 0.135. The van der Waals surface area contributed by atoms with Gasteiger partial charge in [-0.05, 0) is 42.8 Å². The van der Waals surface area contributed by atoms with Crippen molar-refractivity contribution in [2.75, 3.05) is 14.2 Å². The number of furan rings is 1. The number of methoxy groups -OCH3 is 1. The SMILES string of the molecule is COc1cccc(CN(C)C(=O)c2cnn(-c3nccc(-c4ccco4)n3)c2C)c1. The van der Waals surface area contributed by atoms with Gasteiger partial charge in [-0.1, -0.05) is 12.1 Å². The smallest absolute Gasteiger partial charge is 0.257 e. The molecule has 0 saturated carbocycles. The monoisotopic (exact) mass is 403 g/mol. The summed E-state index contributed by atoms with van der Waals surface area (Å²) in [6.45, 7) is 2.27. The Balaban J connectivity index is 1.57. The Kier molecular flexibility index (Phi) is 5.30. The van der Waals surface area contributed by atoms with Crippen molar-refractivity contribution in [3.05, 3.63) is 77.9 Å². The standard InChI is InChI=1S/C22H21N5O3/c1-15-18(21(28)26(2)14-16-6-4-7-17(12-16)29-3)13-24-27(15)22-23-10-9-19(25-22)20-8-5-11-30-20/h4-13H,14H2,1-3H3. The van der Waals surface area contributed by atoms with Gasteiger partial charge in [0.05, 0.1) is 30.8 Å². The van der Waals surface area contributed by atoms with E-state index in [0.29, 0.717) is 35.2 Å². The van der Waals surface area contributed by atoms with Gasteiger partial charge in [-0.2, -0.15) is 5.10 Å². The Hall–Kier alpha value is -3.94. The molecule has 0 atom stereocenters. The summed E-state index contributed by atoms with van der Waals surface area (Å²) in [4.78, 5) is 23.5. The van der Waals surface area contributed by atoms with Crippen LogP contribution in [0.25, 0.3) is 17.4 Å². The van der Waals surface area contributed by atoms with Gasteiger partial charge >= 0.3 is 0 Å². The lowest BCUT2D eigenvalue weighted by Gasteiger charge is -2.17. The summed E-state index contributed by atoms with van der Waals surface area (Å²) >= 11 is 0. The molecule has 0 aliphatic heterocycles. The van der Waals surface area contributed by atoms with E-state index in [-0.39, 0.29) is 5.91 Å². The molecule has 0 saturated heterocycles. The molecule has 1 aromatic carbocycles. The Morgan fingerprint density at radius 1 is 1.23 bits per heavy atom. The number of carbonyl (C=O) groups is 1. The van der Waals surface area contributed by atoms with Crippen LogP contribution in [0.2, 0.25) is 0 Å². The van der Waals surface area contributed by atoms with E-state index in [0.717, 1.165) is 11.3 Å². The predicted molar refractivity (Wildman–Crippen MR) is 110 cm³/mol. The summed E-state index contributed by atoms with van der Waals surface area (Å²) in [5.74, 6) is 1.63. The highest BCUT2D eigenvalue weighted by molar-refractivity contribution is 5.95. The number of hydrogen-bond acceptors (Lipinski definition) is 6. The third-order valence-electron chi connectivity index (χ3n) is 4.75. The van der Waals surface area contributed by atoms with Crippen molar-refractivity contribution in [1.29, 1.82) is 0 Å². The Labute approximate surface area is 173 Å². The maximum atomic E-state index is 13.0. The van der Waals surface area contributed by atoms with Crippen LogP contribution in [-0.2, 0) is 6.54 Å². The third kappa shape index (κ3) is 3.80. The molecule has 0 N–H and O–H groups in total. The molecular formula is C22H21N5O3. The number of rotatable bonds is 6. The second-order valence-electron chi connectivity index (χ2n) is 6.79. The van der Waals surface area contributed by atoms with Crippen molar-refractivity contribution in [3.63, 3.8) is 0 Å². The first-order valence-corrected chi connectivity index (χ1v) is 9.37. The number of nitrogens with zero attached hydrogens (tertiary/aromatic N) is 5. The van der Waals surface area contributed by atoms with E-state index in [9.17, 15) is 4.79 Å². The first-order valence-electron chi connectivity index (χ1n) is 9.37. The second-order valence-corrected chi connectivity index (χ2v) is 6.79. The summed E-state index contributed by atoms with van der Waals surface area (Å²) in [7, 11) is 3.38.